The number of amides is 1. The number of nitrogens with one attached hydrogen (secondary N) is 3. The van der Waals surface area contributed by atoms with Crippen molar-refractivity contribution in [2.24, 2.45) is 4.99 Å². The Hall–Kier alpha value is -2.62. The molecule has 0 bridgehead atoms. The Morgan fingerprint density at radius 3 is 2.71 bits per heavy atom. The van der Waals surface area contributed by atoms with Gasteiger partial charge in [0.2, 0.25) is 0 Å². The van der Waals surface area contributed by atoms with E-state index in [4.69, 9.17) is 9.47 Å². The van der Waals surface area contributed by atoms with Crippen molar-refractivity contribution >= 4 is 23.2 Å². The number of carbonyl (C=O) groups excluding carboxylic acids is 1. The van der Waals surface area contributed by atoms with Crippen LogP contribution in [0.3, 0.4) is 0 Å². The highest BCUT2D eigenvalue weighted by Gasteiger charge is 2.23. The van der Waals surface area contributed by atoms with Crippen LogP contribution in [0.5, 0.6) is 5.75 Å². The second-order valence-electron chi connectivity index (χ2n) is 7.05. The number of thiophene rings is 1. The normalized spacial score (nSPS) is 15.9. The summed E-state index contributed by atoms with van der Waals surface area (Å²) in [5, 5.41) is 11.7. The van der Waals surface area contributed by atoms with Crippen molar-refractivity contribution in [2.45, 2.75) is 6.04 Å². The minimum absolute atomic E-state index is 0.131. The number of nitrogens with zero attached hydrogens (tertiary/aromatic N) is 2. The maximum atomic E-state index is 12.3. The Kier molecular flexibility index (Phi) is 9.14. The number of rotatable bonds is 9. The summed E-state index contributed by atoms with van der Waals surface area (Å²) in [6.45, 7) is 5.17. The lowest BCUT2D eigenvalue weighted by molar-refractivity contribution is 0.0177. The van der Waals surface area contributed by atoms with Crippen molar-refractivity contribution < 1.29 is 14.3 Å². The number of guanidine groups is 1. The number of morpholine rings is 1. The lowest BCUT2D eigenvalue weighted by atomic mass is 10.2. The monoisotopic (exact) mass is 445 g/mol. The topological polar surface area (TPSA) is 87.2 Å². The third kappa shape index (κ3) is 6.95. The maximum absolute atomic E-state index is 12.3. The van der Waals surface area contributed by atoms with E-state index < -0.39 is 0 Å². The van der Waals surface area contributed by atoms with E-state index in [0.717, 1.165) is 32.8 Å². The van der Waals surface area contributed by atoms with Gasteiger partial charge in [0.15, 0.2) is 5.96 Å². The van der Waals surface area contributed by atoms with E-state index in [9.17, 15) is 4.79 Å². The Balaban J connectivity index is 1.44. The second kappa shape index (κ2) is 12.3. The molecule has 9 heteroatoms. The Bertz CT molecular complexity index is 837. The minimum Gasteiger partial charge on any atom is -0.497 e. The molecule has 3 N–H and O–H groups in total. The maximum Gasteiger partial charge on any atom is 0.251 e. The van der Waals surface area contributed by atoms with Crippen molar-refractivity contribution in [3.05, 3.63) is 52.2 Å². The van der Waals surface area contributed by atoms with Gasteiger partial charge >= 0.3 is 0 Å². The number of hydrogen-bond donors (Lipinski definition) is 3. The highest BCUT2D eigenvalue weighted by molar-refractivity contribution is 7.10. The second-order valence-corrected chi connectivity index (χ2v) is 8.03. The van der Waals surface area contributed by atoms with Crippen LogP contribution < -0.4 is 20.7 Å². The Morgan fingerprint density at radius 2 is 2.00 bits per heavy atom. The van der Waals surface area contributed by atoms with Gasteiger partial charge < -0.3 is 25.4 Å². The van der Waals surface area contributed by atoms with Crippen LogP contribution in [-0.2, 0) is 4.74 Å². The zero-order valence-corrected chi connectivity index (χ0v) is 18.9. The molecule has 1 aromatic heterocycles. The fourth-order valence-electron chi connectivity index (χ4n) is 3.42. The predicted molar refractivity (Wildman–Crippen MR) is 124 cm³/mol. The summed E-state index contributed by atoms with van der Waals surface area (Å²) in [6, 6.07) is 11.6. The van der Waals surface area contributed by atoms with Crippen LogP contribution in [-0.4, -0.2) is 76.9 Å². The van der Waals surface area contributed by atoms with Gasteiger partial charge in [0, 0.05) is 50.2 Å². The molecule has 3 rings (SSSR count). The van der Waals surface area contributed by atoms with Gasteiger partial charge in [-0.2, -0.15) is 0 Å². The summed E-state index contributed by atoms with van der Waals surface area (Å²) in [4.78, 5) is 20.4. The molecule has 1 saturated heterocycles. The number of methoxy groups -OCH3 is 1. The van der Waals surface area contributed by atoms with Gasteiger partial charge in [-0.1, -0.05) is 12.1 Å². The van der Waals surface area contributed by atoms with E-state index in [-0.39, 0.29) is 11.9 Å². The van der Waals surface area contributed by atoms with Crippen LogP contribution in [0.4, 0.5) is 0 Å². The molecule has 1 aliphatic rings. The summed E-state index contributed by atoms with van der Waals surface area (Å²) < 4.78 is 10.7. The standard InChI is InChI=1S/C22H31N5O3S/c1-23-22(25-9-8-24-21(28)17-5-3-6-18(15-17)29-2)26-16-19(20-7-4-14-31-20)27-10-12-30-13-11-27/h3-7,14-15,19H,8-13,16H2,1-2H3,(H,24,28)(H2,23,25,26). The number of ether oxygens (including phenoxy) is 2. The largest absolute Gasteiger partial charge is 0.497 e. The lowest BCUT2D eigenvalue weighted by Crippen LogP contribution is -2.47. The van der Waals surface area contributed by atoms with Crippen molar-refractivity contribution in [3.63, 3.8) is 0 Å². The van der Waals surface area contributed by atoms with Crippen molar-refractivity contribution in [3.8, 4) is 5.75 Å². The molecule has 0 saturated carbocycles. The van der Waals surface area contributed by atoms with Gasteiger partial charge in [-0.25, -0.2) is 0 Å². The summed E-state index contributed by atoms with van der Waals surface area (Å²) in [5.74, 6) is 1.25. The van der Waals surface area contributed by atoms with Crippen LogP contribution in [0.15, 0.2) is 46.8 Å². The van der Waals surface area contributed by atoms with Crippen LogP contribution in [0.25, 0.3) is 0 Å². The average molecular weight is 446 g/mol. The van der Waals surface area contributed by atoms with Gasteiger partial charge in [0.1, 0.15) is 5.75 Å². The molecular formula is C22H31N5O3S. The van der Waals surface area contributed by atoms with Crippen LogP contribution in [0.2, 0.25) is 0 Å². The predicted octanol–water partition coefficient (Wildman–Crippen LogP) is 1.72. The Morgan fingerprint density at radius 1 is 1.19 bits per heavy atom. The molecule has 1 aromatic carbocycles. The molecule has 0 radical (unpaired) electrons. The quantitative estimate of drug-likeness (QED) is 0.310. The average Bonchev–Trinajstić information content (AvgIpc) is 3.35. The summed E-state index contributed by atoms with van der Waals surface area (Å²) in [6.07, 6.45) is 0. The van der Waals surface area contributed by atoms with Gasteiger partial charge in [-0.15, -0.1) is 11.3 Å². The fourth-order valence-corrected chi connectivity index (χ4v) is 4.28. The highest BCUT2D eigenvalue weighted by Crippen LogP contribution is 2.25. The third-order valence-electron chi connectivity index (χ3n) is 5.08. The van der Waals surface area contributed by atoms with Crippen molar-refractivity contribution in [2.75, 3.05) is 60.1 Å². The first-order chi connectivity index (χ1) is 15.2. The number of benzene rings is 1. The highest BCUT2D eigenvalue weighted by atomic mass is 32.1. The summed E-state index contributed by atoms with van der Waals surface area (Å²) in [7, 11) is 3.33. The smallest absolute Gasteiger partial charge is 0.251 e. The van der Waals surface area contributed by atoms with Crippen LogP contribution >= 0.6 is 11.3 Å². The van der Waals surface area contributed by atoms with E-state index in [0.29, 0.717) is 30.4 Å². The van der Waals surface area contributed by atoms with E-state index in [1.54, 1.807) is 43.7 Å². The molecule has 1 unspecified atom stereocenters. The summed E-state index contributed by atoms with van der Waals surface area (Å²) in [5.41, 5.74) is 0.575. The molecule has 1 aliphatic heterocycles. The zero-order chi connectivity index (χ0) is 21.9. The molecule has 0 aliphatic carbocycles. The first-order valence-electron chi connectivity index (χ1n) is 10.4. The number of aliphatic imine (C=N–C) groups is 1. The molecule has 31 heavy (non-hydrogen) atoms. The van der Waals surface area contributed by atoms with Gasteiger partial charge in [-0.05, 0) is 29.6 Å². The lowest BCUT2D eigenvalue weighted by Gasteiger charge is -2.34. The summed E-state index contributed by atoms with van der Waals surface area (Å²) >= 11 is 1.77. The molecule has 2 heterocycles. The number of hydrogen-bond acceptors (Lipinski definition) is 6. The van der Waals surface area contributed by atoms with E-state index >= 15 is 0 Å². The van der Waals surface area contributed by atoms with Crippen molar-refractivity contribution in [1.29, 1.82) is 0 Å². The van der Waals surface area contributed by atoms with E-state index in [1.165, 1.54) is 4.88 Å². The fraction of sp³-hybridized carbons (Fsp3) is 0.455. The molecule has 0 spiro atoms. The van der Waals surface area contributed by atoms with Gasteiger partial charge in [0.25, 0.3) is 5.91 Å². The number of carbonyl (C=O) groups is 1. The van der Waals surface area contributed by atoms with E-state index in [1.807, 2.05) is 6.07 Å². The van der Waals surface area contributed by atoms with Crippen LogP contribution in [0, 0.1) is 0 Å². The molecule has 8 nitrogen and oxygen atoms in total. The molecular weight excluding hydrogens is 414 g/mol. The molecule has 2 aromatic rings. The SMILES string of the molecule is CN=C(NCCNC(=O)c1cccc(OC)c1)NCC(c1cccs1)N1CCOCC1. The molecule has 1 amide bonds. The molecule has 1 atom stereocenters. The molecule has 168 valence electrons. The molecule has 1 fully saturated rings. The third-order valence-corrected chi connectivity index (χ3v) is 6.05. The minimum atomic E-state index is -0.131. The van der Waals surface area contributed by atoms with Crippen LogP contribution in [0.1, 0.15) is 21.3 Å². The van der Waals surface area contributed by atoms with Crippen molar-refractivity contribution in [1.82, 2.24) is 20.9 Å². The zero-order valence-electron chi connectivity index (χ0n) is 18.1. The first-order valence-corrected chi connectivity index (χ1v) is 11.3. The van der Waals surface area contributed by atoms with Gasteiger partial charge in [0.05, 0.1) is 26.4 Å². The van der Waals surface area contributed by atoms with E-state index in [2.05, 4.69) is 43.4 Å². The Labute approximate surface area is 187 Å². The first kappa shape index (κ1) is 23.1. The van der Waals surface area contributed by atoms with Gasteiger partial charge in [-0.3, -0.25) is 14.7 Å².